The van der Waals surface area contributed by atoms with E-state index in [1.165, 1.54) is 12.1 Å². The average Bonchev–Trinajstić information content (AvgIpc) is 2.67. The van der Waals surface area contributed by atoms with E-state index in [0.29, 0.717) is 23.1 Å². The summed E-state index contributed by atoms with van der Waals surface area (Å²) in [6.07, 6.45) is 4.23. The van der Waals surface area contributed by atoms with Gasteiger partial charge in [0, 0.05) is 40.6 Å². The number of nitrogens with zero attached hydrogens (tertiary/aromatic N) is 3. The first kappa shape index (κ1) is 20.9. The molecule has 0 spiro atoms. The molecule has 3 aromatic rings. The number of halogens is 3. The lowest BCUT2D eigenvalue weighted by Gasteiger charge is -2.15. The number of aromatic nitrogens is 3. The van der Waals surface area contributed by atoms with E-state index in [9.17, 15) is 13.2 Å². The minimum Gasteiger partial charge on any atom is -0.352 e. The van der Waals surface area contributed by atoms with Crippen LogP contribution in [0.5, 0.6) is 0 Å². The first-order valence-corrected chi connectivity index (χ1v) is 9.83. The van der Waals surface area contributed by atoms with Gasteiger partial charge in [-0.3, -0.25) is 4.98 Å². The van der Waals surface area contributed by atoms with Gasteiger partial charge in [-0.1, -0.05) is 13.0 Å². The highest BCUT2D eigenvalue weighted by atomic mass is 32.2. The van der Waals surface area contributed by atoms with Crippen molar-refractivity contribution in [3.63, 3.8) is 0 Å². The molecular weight excluding hydrogens is 399 g/mol. The minimum absolute atomic E-state index is 0.101. The van der Waals surface area contributed by atoms with Crippen molar-refractivity contribution in [1.82, 2.24) is 15.0 Å². The van der Waals surface area contributed by atoms with Crippen molar-refractivity contribution in [2.45, 2.75) is 36.7 Å². The Morgan fingerprint density at radius 3 is 2.52 bits per heavy atom. The number of hydrogen-bond acceptors (Lipinski definition) is 6. The molecule has 0 fully saturated rings. The third-order valence-corrected chi connectivity index (χ3v) is 4.75. The van der Waals surface area contributed by atoms with Gasteiger partial charge in [-0.15, -0.1) is 0 Å². The maximum absolute atomic E-state index is 12.7. The summed E-state index contributed by atoms with van der Waals surface area (Å²) in [6, 6.07) is 11.7. The summed E-state index contributed by atoms with van der Waals surface area (Å²) in [5.74, 6) is 0.920. The molecule has 2 heterocycles. The zero-order chi connectivity index (χ0) is 20.9. The molecule has 0 unspecified atom stereocenters. The molecule has 0 aliphatic rings. The van der Waals surface area contributed by atoms with Gasteiger partial charge in [0.15, 0.2) is 0 Å². The van der Waals surface area contributed by atoms with E-state index in [0.717, 1.165) is 12.0 Å². The molecule has 0 radical (unpaired) electrons. The fraction of sp³-hybridized carbons (Fsp3) is 0.250. The molecule has 2 aromatic heterocycles. The fourth-order valence-corrected chi connectivity index (χ4v) is 3.09. The standard InChI is InChI=1S/C20H20F3N5S/c1-3-13(2)25-19-27-17(14-7-9-24-10-8-14)12-18(28-19)26-15-5-4-6-16(11-15)29-20(21,22)23/h4-13H,3H2,1-2H3,(H2,25,26,27,28)/t13-/m0/s1. The van der Waals surface area contributed by atoms with Crippen molar-refractivity contribution in [3.8, 4) is 11.3 Å². The summed E-state index contributed by atoms with van der Waals surface area (Å²) in [5, 5.41) is 6.32. The Bertz CT molecular complexity index is 950. The monoisotopic (exact) mass is 419 g/mol. The van der Waals surface area contributed by atoms with Crippen molar-refractivity contribution < 1.29 is 13.2 Å². The smallest absolute Gasteiger partial charge is 0.352 e. The molecule has 2 N–H and O–H groups in total. The Balaban J connectivity index is 1.92. The SMILES string of the molecule is CC[C@H](C)Nc1nc(Nc2cccc(SC(F)(F)F)c2)cc(-c2ccncc2)n1. The molecule has 9 heteroatoms. The third-order valence-electron chi connectivity index (χ3n) is 4.03. The molecular formula is C20H20F3N5S. The van der Waals surface area contributed by atoms with Gasteiger partial charge < -0.3 is 10.6 Å². The van der Waals surface area contributed by atoms with Crippen LogP contribution >= 0.6 is 11.8 Å². The normalized spacial score (nSPS) is 12.4. The van der Waals surface area contributed by atoms with E-state index >= 15 is 0 Å². The quantitative estimate of drug-likeness (QED) is 0.451. The number of benzene rings is 1. The van der Waals surface area contributed by atoms with Crippen LogP contribution in [-0.4, -0.2) is 26.5 Å². The number of hydrogen-bond donors (Lipinski definition) is 2. The van der Waals surface area contributed by atoms with Gasteiger partial charge in [-0.25, -0.2) is 4.98 Å². The van der Waals surface area contributed by atoms with E-state index in [4.69, 9.17) is 0 Å². The van der Waals surface area contributed by atoms with Gasteiger partial charge in [-0.05, 0) is 55.4 Å². The number of alkyl halides is 3. The van der Waals surface area contributed by atoms with Gasteiger partial charge in [0.1, 0.15) is 5.82 Å². The summed E-state index contributed by atoms with van der Waals surface area (Å²) in [5.41, 5.74) is -2.29. The predicted molar refractivity (Wildman–Crippen MR) is 110 cm³/mol. The van der Waals surface area contributed by atoms with Gasteiger partial charge in [-0.2, -0.15) is 18.2 Å². The number of nitrogens with one attached hydrogen (secondary N) is 2. The van der Waals surface area contributed by atoms with Crippen molar-refractivity contribution >= 4 is 29.2 Å². The van der Waals surface area contributed by atoms with Crippen LogP contribution in [-0.2, 0) is 0 Å². The lowest BCUT2D eigenvalue weighted by Crippen LogP contribution is -2.16. The van der Waals surface area contributed by atoms with E-state index < -0.39 is 5.51 Å². The summed E-state index contributed by atoms with van der Waals surface area (Å²) in [4.78, 5) is 13.1. The number of rotatable bonds is 7. The molecule has 1 aromatic carbocycles. The molecule has 3 rings (SSSR count). The lowest BCUT2D eigenvalue weighted by molar-refractivity contribution is -0.0328. The van der Waals surface area contributed by atoms with Crippen LogP contribution in [0, 0.1) is 0 Å². The van der Waals surface area contributed by atoms with Crippen LogP contribution < -0.4 is 10.6 Å². The highest BCUT2D eigenvalue weighted by Crippen LogP contribution is 2.37. The zero-order valence-corrected chi connectivity index (χ0v) is 16.7. The van der Waals surface area contributed by atoms with Crippen LogP contribution in [0.2, 0.25) is 0 Å². The Morgan fingerprint density at radius 1 is 1.07 bits per heavy atom. The second kappa shape index (κ2) is 9.13. The molecule has 1 atom stereocenters. The van der Waals surface area contributed by atoms with Crippen LogP contribution in [0.25, 0.3) is 11.3 Å². The Hall–Kier alpha value is -2.81. The summed E-state index contributed by atoms with van der Waals surface area (Å²) in [6.45, 7) is 4.07. The van der Waals surface area contributed by atoms with Crippen molar-refractivity contribution in [3.05, 3.63) is 54.9 Å². The maximum atomic E-state index is 12.7. The van der Waals surface area contributed by atoms with Crippen LogP contribution in [0.3, 0.4) is 0 Å². The first-order chi connectivity index (χ1) is 13.8. The number of anilines is 3. The van der Waals surface area contributed by atoms with Gasteiger partial charge >= 0.3 is 5.51 Å². The van der Waals surface area contributed by atoms with Crippen molar-refractivity contribution in [2.24, 2.45) is 0 Å². The third kappa shape index (κ3) is 6.35. The van der Waals surface area contributed by atoms with Gasteiger partial charge in [0.05, 0.1) is 5.69 Å². The molecule has 0 amide bonds. The number of pyridine rings is 1. The lowest BCUT2D eigenvalue weighted by atomic mass is 10.2. The van der Waals surface area contributed by atoms with E-state index in [1.54, 1.807) is 30.6 Å². The molecule has 0 bridgehead atoms. The molecule has 5 nitrogen and oxygen atoms in total. The highest BCUT2D eigenvalue weighted by molar-refractivity contribution is 8.00. The maximum Gasteiger partial charge on any atom is 0.446 e. The Labute approximate surface area is 171 Å². The van der Waals surface area contributed by atoms with E-state index in [2.05, 4.69) is 25.6 Å². The molecule has 0 saturated carbocycles. The molecule has 0 aliphatic carbocycles. The average molecular weight is 419 g/mol. The van der Waals surface area contributed by atoms with E-state index in [1.807, 2.05) is 26.0 Å². The number of thioether (sulfide) groups is 1. The van der Waals surface area contributed by atoms with Crippen molar-refractivity contribution in [2.75, 3.05) is 10.6 Å². The molecule has 152 valence electrons. The van der Waals surface area contributed by atoms with E-state index in [-0.39, 0.29) is 22.7 Å². The van der Waals surface area contributed by atoms with Crippen LogP contribution in [0.15, 0.2) is 59.8 Å². The first-order valence-electron chi connectivity index (χ1n) is 9.01. The molecule has 29 heavy (non-hydrogen) atoms. The van der Waals surface area contributed by atoms with Crippen molar-refractivity contribution in [1.29, 1.82) is 0 Å². The zero-order valence-electron chi connectivity index (χ0n) is 15.9. The van der Waals surface area contributed by atoms with Gasteiger partial charge in [0.25, 0.3) is 0 Å². The molecule has 0 saturated heterocycles. The fourth-order valence-electron chi connectivity index (χ4n) is 2.49. The second-order valence-corrected chi connectivity index (χ2v) is 7.49. The second-order valence-electron chi connectivity index (χ2n) is 6.35. The predicted octanol–water partition coefficient (Wildman–Crippen LogP) is 6.10. The minimum atomic E-state index is -4.34. The van der Waals surface area contributed by atoms with Gasteiger partial charge in [0.2, 0.25) is 5.95 Å². The molecule has 0 aliphatic heterocycles. The summed E-state index contributed by atoms with van der Waals surface area (Å²) < 4.78 is 38.0. The van der Waals surface area contributed by atoms with Crippen LogP contribution in [0.1, 0.15) is 20.3 Å². The topological polar surface area (TPSA) is 62.7 Å². The largest absolute Gasteiger partial charge is 0.446 e. The highest BCUT2D eigenvalue weighted by Gasteiger charge is 2.29. The Morgan fingerprint density at radius 2 is 1.83 bits per heavy atom. The Kier molecular flexibility index (Phi) is 6.58. The summed E-state index contributed by atoms with van der Waals surface area (Å²) in [7, 11) is 0. The van der Waals surface area contributed by atoms with Crippen LogP contribution in [0.4, 0.5) is 30.6 Å². The summed E-state index contributed by atoms with van der Waals surface area (Å²) >= 11 is -0.152.